The van der Waals surface area contributed by atoms with Gasteiger partial charge in [0.15, 0.2) is 5.78 Å². The van der Waals surface area contributed by atoms with Gasteiger partial charge in [-0.15, -0.1) is 11.3 Å². The number of amides is 1. The van der Waals surface area contributed by atoms with Crippen LogP contribution in [-0.2, 0) is 9.47 Å². The second-order valence-electron chi connectivity index (χ2n) is 8.08. The summed E-state index contributed by atoms with van der Waals surface area (Å²) in [6.07, 6.45) is 2.87. The van der Waals surface area contributed by atoms with Crippen molar-refractivity contribution in [3.8, 4) is 0 Å². The number of hydrogen-bond donors (Lipinski definition) is 2. The van der Waals surface area contributed by atoms with E-state index in [1.165, 1.54) is 11.3 Å². The third-order valence-corrected chi connectivity index (χ3v) is 5.49. The van der Waals surface area contributed by atoms with Crippen LogP contribution in [0, 0.1) is 0 Å². The summed E-state index contributed by atoms with van der Waals surface area (Å²) in [5.41, 5.74) is 6.41. The Morgan fingerprint density at radius 1 is 1.32 bits per heavy atom. The quantitative estimate of drug-likeness (QED) is 0.664. The van der Waals surface area contributed by atoms with Gasteiger partial charge in [-0.3, -0.25) is 4.79 Å². The van der Waals surface area contributed by atoms with Crippen molar-refractivity contribution in [3.63, 3.8) is 0 Å². The number of rotatable bonds is 7. The maximum atomic E-state index is 12.8. The molecule has 0 radical (unpaired) electrons. The maximum absolute atomic E-state index is 12.8. The van der Waals surface area contributed by atoms with Crippen LogP contribution in [-0.4, -0.2) is 41.8 Å². The highest BCUT2D eigenvalue weighted by atomic mass is 32.1. The largest absolute Gasteiger partial charge is 0.444 e. The second-order valence-corrected chi connectivity index (χ2v) is 9.03. The molecule has 0 unspecified atom stereocenters. The van der Waals surface area contributed by atoms with E-state index in [1.54, 1.807) is 6.07 Å². The van der Waals surface area contributed by atoms with Crippen LogP contribution < -0.4 is 11.1 Å². The molecule has 3 atom stereocenters. The minimum absolute atomic E-state index is 0.0209. The summed E-state index contributed by atoms with van der Waals surface area (Å²) in [6, 6.07) is 2.75. The van der Waals surface area contributed by atoms with E-state index in [1.807, 2.05) is 38.3 Å². The number of carbonyl (C=O) groups is 2. The first-order chi connectivity index (χ1) is 13.1. The first kappa shape index (κ1) is 22.6. The first-order valence-corrected chi connectivity index (χ1v) is 10.7. The predicted molar refractivity (Wildman–Crippen MR) is 112 cm³/mol. The number of alkyl carbamates (subject to hydrolysis) is 1. The van der Waals surface area contributed by atoms with Gasteiger partial charge in [0.05, 0.1) is 23.1 Å². The third kappa shape index (κ3) is 6.15. The summed E-state index contributed by atoms with van der Waals surface area (Å²) in [5, 5.41) is 4.74. The van der Waals surface area contributed by atoms with E-state index in [2.05, 4.69) is 19.2 Å². The number of hydrogen-bond acceptors (Lipinski definition) is 6. The maximum Gasteiger partial charge on any atom is 0.408 e. The van der Waals surface area contributed by atoms with Crippen LogP contribution in [0.2, 0.25) is 0 Å². The fourth-order valence-electron chi connectivity index (χ4n) is 3.19. The molecule has 0 bridgehead atoms. The molecule has 1 aliphatic carbocycles. The van der Waals surface area contributed by atoms with Crippen LogP contribution in [0.25, 0.3) is 0 Å². The standard InChI is InChI=1S/C21H32N2O4S/c1-6-14(7-2)26-16-12-13(19(24)17-9-8-10-28-17)11-15(22)18(16)23-20(25)27-21(3,4)5/h8-10,12,14-16,18H,6-7,11,22H2,1-5H3,(H,23,25)/t15-,16+,18+/m0/s1. The van der Waals surface area contributed by atoms with E-state index in [-0.39, 0.29) is 11.9 Å². The SMILES string of the molecule is CCC(CC)O[C@@H]1C=C(C(=O)c2cccs2)C[C@H](N)[C@H]1NC(=O)OC(C)(C)C. The fraction of sp³-hybridized carbons (Fsp3) is 0.619. The van der Waals surface area contributed by atoms with Crippen molar-refractivity contribution < 1.29 is 19.1 Å². The van der Waals surface area contributed by atoms with Gasteiger partial charge in [-0.05, 0) is 57.6 Å². The monoisotopic (exact) mass is 408 g/mol. The van der Waals surface area contributed by atoms with Gasteiger partial charge in [-0.1, -0.05) is 19.9 Å². The molecule has 3 N–H and O–H groups in total. The zero-order valence-electron chi connectivity index (χ0n) is 17.4. The molecule has 0 spiro atoms. The zero-order chi connectivity index (χ0) is 20.9. The highest BCUT2D eigenvalue weighted by Crippen LogP contribution is 2.27. The van der Waals surface area contributed by atoms with Crippen molar-refractivity contribution in [1.29, 1.82) is 0 Å². The van der Waals surface area contributed by atoms with Crippen molar-refractivity contribution in [1.82, 2.24) is 5.32 Å². The Balaban J connectivity index is 2.25. The van der Waals surface area contributed by atoms with E-state index in [4.69, 9.17) is 15.2 Å². The van der Waals surface area contributed by atoms with E-state index < -0.39 is 29.9 Å². The number of Topliss-reactive ketones (excluding diaryl/α,β-unsaturated/α-hetero) is 1. The van der Waals surface area contributed by atoms with E-state index in [9.17, 15) is 9.59 Å². The van der Waals surface area contributed by atoms with Gasteiger partial charge >= 0.3 is 6.09 Å². The van der Waals surface area contributed by atoms with Gasteiger partial charge in [0.25, 0.3) is 0 Å². The number of ketones is 1. The Morgan fingerprint density at radius 3 is 2.54 bits per heavy atom. The summed E-state index contributed by atoms with van der Waals surface area (Å²) >= 11 is 1.41. The lowest BCUT2D eigenvalue weighted by Crippen LogP contribution is -2.58. The molecule has 0 saturated carbocycles. The molecule has 1 amide bonds. The van der Waals surface area contributed by atoms with Crippen LogP contribution in [0.15, 0.2) is 29.2 Å². The van der Waals surface area contributed by atoms with Crippen LogP contribution in [0.1, 0.15) is 63.6 Å². The van der Waals surface area contributed by atoms with Crippen molar-refractivity contribution in [2.24, 2.45) is 5.73 Å². The number of nitrogens with one attached hydrogen (secondary N) is 1. The molecule has 7 heteroatoms. The van der Waals surface area contributed by atoms with Crippen molar-refractivity contribution in [2.45, 2.75) is 83.8 Å². The van der Waals surface area contributed by atoms with Crippen LogP contribution in [0.3, 0.4) is 0 Å². The topological polar surface area (TPSA) is 90.6 Å². The molecule has 6 nitrogen and oxygen atoms in total. The van der Waals surface area contributed by atoms with E-state index >= 15 is 0 Å². The van der Waals surface area contributed by atoms with Crippen LogP contribution >= 0.6 is 11.3 Å². The van der Waals surface area contributed by atoms with Crippen molar-refractivity contribution in [3.05, 3.63) is 34.0 Å². The summed E-state index contributed by atoms with van der Waals surface area (Å²) in [6.45, 7) is 9.53. The molecule has 1 aromatic rings. The molecule has 0 fully saturated rings. The zero-order valence-corrected chi connectivity index (χ0v) is 18.2. The van der Waals surface area contributed by atoms with E-state index in [0.29, 0.717) is 16.9 Å². The van der Waals surface area contributed by atoms with Gasteiger partial charge < -0.3 is 20.5 Å². The lowest BCUT2D eigenvalue weighted by Gasteiger charge is -2.37. The average Bonchev–Trinajstić information content (AvgIpc) is 3.14. The number of thiophene rings is 1. The number of nitrogens with two attached hydrogens (primary N) is 1. The molecule has 28 heavy (non-hydrogen) atoms. The Labute approximate surface area is 171 Å². The normalized spacial score (nSPS) is 22.7. The Bertz CT molecular complexity index is 690. The summed E-state index contributed by atoms with van der Waals surface area (Å²) in [4.78, 5) is 25.8. The summed E-state index contributed by atoms with van der Waals surface area (Å²) in [7, 11) is 0. The van der Waals surface area contributed by atoms with Gasteiger partial charge in [-0.2, -0.15) is 0 Å². The smallest absolute Gasteiger partial charge is 0.408 e. The lowest BCUT2D eigenvalue weighted by molar-refractivity contribution is -0.0204. The summed E-state index contributed by atoms with van der Waals surface area (Å²) < 4.78 is 11.6. The molecule has 0 saturated heterocycles. The lowest BCUT2D eigenvalue weighted by atomic mass is 9.86. The molecule has 0 aliphatic heterocycles. The highest BCUT2D eigenvalue weighted by Gasteiger charge is 2.37. The molecule has 1 aromatic heterocycles. The molecular formula is C21H32N2O4S. The highest BCUT2D eigenvalue weighted by molar-refractivity contribution is 7.12. The second kappa shape index (κ2) is 9.67. The Hall–Kier alpha value is -1.70. The fourth-order valence-corrected chi connectivity index (χ4v) is 3.89. The van der Waals surface area contributed by atoms with Gasteiger partial charge in [-0.25, -0.2) is 4.79 Å². The molecule has 0 aromatic carbocycles. The number of carbonyl (C=O) groups excluding carboxylic acids is 2. The first-order valence-electron chi connectivity index (χ1n) is 9.84. The van der Waals surface area contributed by atoms with Gasteiger partial charge in [0.1, 0.15) is 5.60 Å². The van der Waals surface area contributed by atoms with Crippen LogP contribution in [0.5, 0.6) is 0 Å². The van der Waals surface area contributed by atoms with Crippen molar-refractivity contribution >= 4 is 23.2 Å². The molecule has 156 valence electrons. The minimum atomic E-state index is -0.606. The molecule has 1 aliphatic rings. The third-order valence-electron chi connectivity index (χ3n) is 4.62. The predicted octanol–water partition coefficient (Wildman–Crippen LogP) is 4.06. The van der Waals surface area contributed by atoms with Crippen molar-refractivity contribution in [2.75, 3.05) is 0 Å². The molecular weight excluding hydrogens is 376 g/mol. The molecule has 1 heterocycles. The summed E-state index contributed by atoms with van der Waals surface area (Å²) in [5.74, 6) is -0.0284. The minimum Gasteiger partial charge on any atom is -0.444 e. The number of ether oxygens (including phenoxy) is 2. The van der Waals surface area contributed by atoms with Crippen LogP contribution in [0.4, 0.5) is 4.79 Å². The van der Waals surface area contributed by atoms with E-state index in [0.717, 1.165) is 12.8 Å². The molecule has 2 rings (SSSR count). The Kier molecular flexibility index (Phi) is 7.80. The average molecular weight is 409 g/mol. The van der Waals surface area contributed by atoms with Gasteiger partial charge in [0, 0.05) is 11.6 Å². The Morgan fingerprint density at radius 2 is 2.00 bits per heavy atom. The van der Waals surface area contributed by atoms with Gasteiger partial charge in [0.2, 0.25) is 0 Å².